The molecule has 2 aliphatic heterocycles. The molecular weight excluding hydrogens is 352 g/mol. The van der Waals surface area contributed by atoms with Crippen LogP contribution in [0.3, 0.4) is 0 Å². The summed E-state index contributed by atoms with van der Waals surface area (Å²) in [5.74, 6) is 1.22. The second-order valence-electron chi connectivity index (χ2n) is 8.01. The Labute approximate surface area is 165 Å². The van der Waals surface area contributed by atoms with E-state index in [1.165, 1.54) is 30.8 Å². The van der Waals surface area contributed by atoms with Crippen LogP contribution in [-0.2, 0) is 6.42 Å². The van der Waals surface area contributed by atoms with Crippen LogP contribution in [0, 0.1) is 11.8 Å². The number of H-pyrrole nitrogens is 1. The van der Waals surface area contributed by atoms with E-state index in [0.29, 0.717) is 17.5 Å². The first kappa shape index (κ1) is 18.9. The molecule has 0 radical (unpaired) electrons. The highest BCUT2D eigenvalue weighted by atomic mass is 16.2. The van der Waals surface area contributed by atoms with Crippen molar-refractivity contribution in [3.05, 3.63) is 64.3 Å². The molecule has 1 amide bonds. The Bertz CT molecular complexity index is 823. The maximum atomic E-state index is 12.6. The van der Waals surface area contributed by atoms with Crippen LogP contribution in [0.25, 0.3) is 0 Å². The topological polar surface area (TPSA) is 69.3 Å². The first-order valence-corrected chi connectivity index (χ1v) is 10.3. The van der Waals surface area contributed by atoms with Crippen molar-refractivity contribution in [3.63, 3.8) is 0 Å². The largest absolute Gasteiger partial charge is 0.337 e. The highest BCUT2D eigenvalue weighted by molar-refractivity contribution is 5.92. The summed E-state index contributed by atoms with van der Waals surface area (Å²) in [6.45, 7) is 5.05. The van der Waals surface area contributed by atoms with Crippen molar-refractivity contribution in [3.8, 4) is 0 Å². The molecule has 0 spiro atoms. The number of likely N-dealkylation sites (tertiary alicyclic amines) is 2. The number of nitrogens with one attached hydrogen (secondary N) is 1. The summed E-state index contributed by atoms with van der Waals surface area (Å²) >= 11 is 0. The fourth-order valence-electron chi connectivity index (χ4n) is 4.56. The Morgan fingerprint density at radius 3 is 2.54 bits per heavy atom. The molecule has 2 aliphatic rings. The minimum Gasteiger partial charge on any atom is -0.337 e. The number of carbonyl (C=O) groups is 1. The van der Waals surface area contributed by atoms with Crippen molar-refractivity contribution in [1.82, 2.24) is 19.8 Å². The van der Waals surface area contributed by atoms with Gasteiger partial charge in [-0.1, -0.05) is 30.3 Å². The lowest BCUT2D eigenvalue weighted by molar-refractivity contribution is 0.0767. The van der Waals surface area contributed by atoms with Crippen LogP contribution < -0.4 is 5.56 Å². The van der Waals surface area contributed by atoms with Crippen molar-refractivity contribution in [2.75, 3.05) is 32.7 Å². The van der Waals surface area contributed by atoms with E-state index in [-0.39, 0.29) is 11.5 Å². The minimum atomic E-state index is -0.283. The Kier molecular flexibility index (Phi) is 5.86. The maximum absolute atomic E-state index is 12.6. The SMILES string of the molecule is O=C(c1c[nH]c(=O)cn1)N1CC[C@@H](C2CCN(CCc3ccccc3)CC2)C1. The first-order chi connectivity index (χ1) is 13.7. The normalized spacial score (nSPS) is 21.1. The molecule has 0 unspecified atom stereocenters. The van der Waals surface area contributed by atoms with Gasteiger partial charge in [0.2, 0.25) is 0 Å². The van der Waals surface area contributed by atoms with Gasteiger partial charge in [-0.05, 0) is 56.2 Å². The van der Waals surface area contributed by atoms with E-state index in [1.807, 2.05) is 4.90 Å². The molecule has 0 saturated carbocycles. The molecule has 2 saturated heterocycles. The molecule has 1 aromatic heterocycles. The quantitative estimate of drug-likeness (QED) is 0.863. The maximum Gasteiger partial charge on any atom is 0.273 e. The summed E-state index contributed by atoms with van der Waals surface area (Å²) in [4.78, 5) is 34.7. The lowest BCUT2D eigenvalue weighted by Gasteiger charge is -2.34. The van der Waals surface area contributed by atoms with Crippen LogP contribution in [0.2, 0.25) is 0 Å². The van der Waals surface area contributed by atoms with E-state index in [4.69, 9.17) is 0 Å². The average Bonchev–Trinajstić information content (AvgIpc) is 3.24. The molecule has 2 aromatic rings. The average molecular weight is 380 g/mol. The zero-order valence-electron chi connectivity index (χ0n) is 16.2. The third kappa shape index (κ3) is 4.50. The highest BCUT2D eigenvalue weighted by Crippen LogP contribution is 2.32. The third-order valence-corrected chi connectivity index (χ3v) is 6.26. The fourth-order valence-corrected chi connectivity index (χ4v) is 4.56. The molecule has 0 bridgehead atoms. The van der Waals surface area contributed by atoms with Crippen LogP contribution in [0.1, 0.15) is 35.3 Å². The number of nitrogens with zero attached hydrogens (tertiary/aromatic N) is 3. The zero-order chi connectivity index (χ0) is 19.3. The van der Waals surface area contributed by atoms with Gasteiger partial charge < -0.3 is 14.8 Å². The second kappa shape index (κ2) is 8.69. The van der Waals surface area contributed by atoms with Gasteiger partial charge in [0.05, 0.1) is 6.20 Å². The Balaban J connectivity index is 1.24. The second-order valence-corrected chi connectivity index (χ2v) is 8.01. The van der Waals surface area contributed by atoms with E-state index < -0.39 is 0 Å². The van der Waals surface area contributed by atoms with E-state index >= 15 is 0 Å². The van der Waals surface area contributed by atoms with Gasteiger partial charge in [-0.15, -0.1) is 0 Å². The summed E-state index contributed by atoms with van der Waals surface area (Å²) in [6, 6.07) is 10.7. The molecule has 4 rings (SSSR count). The van der Waals surface area contributed by atoms with E-state index in [1.54, 1.807) is 0 Å². The van der Waals surface area contributed by atoms with Crippen molar-refractivity contribution in [2.45, 2.75) is 25.7 Å². The molecule has 148 valence electrons. The van der Waals surface area contributed by atoms with Gasteiger partial charge in [0.1, 0.15) is 5.69 Å². The van der Waals surface area contributed by atoms with Gasteiger partial charge in [-0.3, -0.25) is 9.59 Å². The third-order valence-electron chi connectivity index (χ3n) is 6.26. The molecule has 0 aliphatic carbocycles. The lowest BCUT2D eigenvalue weighted by atomic mass is 9.83. The number of amides is 1. The van der Waals surface area contributed by atoms with Gasteiger partial charge in [0, 0.05) is 25.8 Å². The molecule has 28 heavy (non-hydrogen) atoms. The first-order valence-electron chi connectivity index (χ1n) is 10.3. The van der Waals surface area contributed by atoms with Gasteiger partial charge in [-0.2, -0.15) is 0 Å². The molecule has 1 N–H and O–H groups in total. The standard InChI is InChI=1S/C22H28N4O2/c27-21-15-23-20(14-24-21)22(28)26-13-9-19(16-26)18-7-11-25(12-8-18)10-6-17-4-2-1-3-5-17/h1-5,14-15,18-19H,6-13,16H2,(H,24,27)/t19-/m1/s1. The monoisotopic (exact) mass is 380 g/mol. The fraction of sp³-hybridized carbons (Fsp3) is 0.500. The number of aromatic nitrogens is 2. The molecule has 6 nitrogen and oxygen atoms in total. The Hall–Kier alpha value is -2.47. The van der Waals surface area contributed by atoms with Crippen molar-refractivity contribution in [1.29, 1.82) is 0 Å². The molecule has 3 heterocycles. The van der Waals surface area contributed by atoms with Crippen LogP contribution in [0.15, 0.2) is 47.5 Å². The zero-order valence-corrected chi connectivity index (χ0v) is 16.2. The minimum absolute atomic E-state index is 0.0703. The summed E-state index contributed by atoms with van der Waals surface area (Å²) in [5.41, 5.74) is 1.45. The van der Waals surface area contributed by atoms with E-state index in [9.17, 15) is 9.59 Å². The van der Waals surface area contributed by atoms with Crippen LogP contribution in [0.5, 0.6) is 0 Å². The number of hydrogen-bond donors (Lipinski definition) is 1. The number of rotatable bonds is 5. The van der Waals surface area contributed by atoms with E-state index in [2.05, 4.69) is 45.2 Å². The number of benzene rings is 1. The molecule has 6 heteroatoms. The van der Waals surface area contributed by atoms with Gasteiger partial charge in [-0.25, -0.2) is 4.98 Å². The highest BCUT2D eigenvalue weighted by Gasteiger charge is 2.34. The summed E-state index contributed by atoms with van der Waals surface area (Å²) < 4.78 is 0. The molecule has 2 fully saturated rings. The van der Waals surface area contributed by atoms with Crippen molar-refractivity contribution < 1.29 is 4.79 Å². The van der Waals surface area contributed by atoms with E-state index in [0.717, 1.165) is 45.6 Å². The molecule has 1 atom stereocenters. The summed E-state index contributed by atoms with van der Waals surface area (Å²) in [7, 11) is 0. The number of carbonyl (C=O) groups excluding carboxylic acids is 1. The Morgan fingerprint density at radius 2 is 1.82 bits per heavy atom. The predicted molar refractivity (Wildman–Crippen MR) is 108 cm³/mol. The van der Waals surface area contributed by atoms with Gasteiger partial charge >= 0.3 is 0 Å². The predicted octanol–water partition coefficient (Wildman–Crippen LogP) is 2.19. The number of aromatic amines is 1. The Morgan fingerprint density at radius 1 is 1.07 bits per heavy atom. The van der Waals surface area contributed by atoms with Crippen molar-refractivity contribution in [2.24, 2.45) is 11.8 Å². The summed E-state index contributed by atoms with van der Waals surface area (Å²) in [6.07, 6.45) is 7.22. The van der Waals surface area contributed by atoms with Crippen molar-refractivity contribution >= 4 is 5.91 Å². The molecule has 1 aromatic carbocycles. The van der Waals surface area contributed by atoms with Gasteiger partial charge in [0.25, 0.3) is 11.5 Å². The van der Waals surface area contributed by atoms with Crippen LogP contribution in [-0.4, -0.2) is 58.4 Å². The van der Waals surface area contributed by atoms with Crippen LogP contribution >= 0.6 is 0 Å². The van der Waals surface area contributed by atoms with Crippen LogP contribution in [0.4, 0.5) is 0 Å². The smallest absolute Gasteiger partial charge is 0.273 e. The number of piperidine rings is 1. The van der Waals surface area contributed by atoms with Gasteiger partial charge in [0.15, 0.2) is 0 Å². The summed E-state index contributed by atoms with van der Waals surface area (Å²) in [5, 5.41) is 0. The lowest BCUT2D eigenvalue weighted by Crippen LogP contribution is -2.38. The molecular formula is C22H28N4O2. The number of hydrogen-bond acceptors (Lipinski definition) is 4.